The second kappa shape index (κ2) is 10.0. The van der Waals surface area contributed by atoms with Crippen LogP contribution < -0.4 is 10.1 Å². The summed E-state index contributed by atoms with van der Waals surface area (Å²) in [6.45, 7) is -1.06. The summed E-state index contributed by atoms with van der Waals surface area (Å²) in [4.78, 5) is 26.5. The predicted octanol–water partition coefficient (Wildman–Crippen LogP) is -1.19. The van der Waals surface area contributed by atoms with Gasteiger partial charge >= 0.3 is 0 Å². The number of aliphatic hydroxyl groups excluding tert-OH is 4. The molecule has 2 saturated heterocycles. The van der Waals surface area contributed by atoms with Crippen molar-refractivity contribution in [1.29, 1.82) is 0 Å². The van der Waals surface area contributed by atoms with Gasteiger partial charge in [-0.05, 0) is 23.8 Å². The van der Waals surface area contributed by atoms with E-state index in [1.165, 1.54) is 0 Å². The van der Waals surface area contributed by atoms with E-state index in [0.29, 0.717) is 10.7 Å². The Kier molecular flexibility index (Phi) is 7.64. The van der Waals surface area contributed by atoms with E-state index in [4.69, 9.17) is 26.8 Å². The lowest BCUT2D eigenvalue weighted by atomic mass is 9.97. The van der Waals surface area contributed by atoms with Gasteiger partial charge in [-0.1, -0.05) is 36.1 Å². The second-order valence-corrected chi connectivity index (χ2v) is 8.54. The summed E-state index contributed by atoms with van der Waals surface area (Å²) in [6, 6.07) is 5.69. The number of aliphatic hydroxyl groups is 4. The van der Waals surface area contributed by atoms with Crippen LogP contribution in [0.25, 0.3) is 6.08 Å². The Bertz CT molecular complexity index is 878. The molecule has 168 valence electrons. The van der Waals surface area contributed by atoms with Gasteiger partial charge < -0.3 is 35.2 Å². The first-order valence-corrected chi connectivity index (χ1v) is 10.5. The van der Waals surface area contributed by atoms with E-state index >= 15 is 0 Å². The zero-order chi connectivity index (χ0) is 22.7. The highest BCUT2D eigenvalue weighted by Crippen LogP contribution is 2.32. The van der Waals surface area contributed by atoms with E-state index in [0.717, 1.165) is 22.2 Å². The molecule has 2 heterocycles. The van der Waals surface area contributed by atoms with Gasteiger partial charge in [0.1, 0.15) is 41.0 Å². The van der Waals surface area contributed by atoms with Crippen LogP contribution in [0.2, 0.25) is 0 Å². The van der Waals surface area contributed by atoms with Crippen molar-refractivity contribution in [2.24, 2.45) is 0 Å². The first-order chi connectivity index (χ1) is 14.7. The van der Waals surface area contributed by atoms with Crippen LogP contribution in [0.1, 0.15) is 5.56 Å². The molecule has 2 amide bonds. The highest BCUT2D eigenvalue weighted by Gasteiger charge is 2.44. The summed E-state index contributed by atoms with van der Waals surface area (Å²) in [5.74, 6) is -0.501. The van der Waals surface area contributed by atoms with Crippen molar-refractivity contribution in [3.8, 4) is 5.75 Å². The molecule has 0 bridgehead atoms. The number of ether oxygens (including phenoxy) is 2. The van der Waals surface area contributed by atoms with Crippen LogP contribution in [0.3, 0.4) is 0 Å². The predicted molar refractivity (Wildman–Crippen MR) is 115 cm³/mol. The molecule has 12 heteroatoms. The lowest BCUT2D eigenvalue weighted by Crippen LogP contribution is -2.64. The number of nitrogens with zero attached hydrogens (tertiary/aromatic N) is 1. The minimum absolute atomic E-state index is 0.182. The topological polar surface area (TPSA) is 149 Å². The Morgan fingerprint density at radius 2 is 1.97 bits per heavy atom. The van der Waals surface area contributed by atoms with Crippen LogP contribution in [0.4, 0.5) is 0 Å². The van der Waals surface area contributed by atoms with E-state index in [2.05, 4.69) is 5.32 Å². The number of amides is 2. The van der Waals surface area contributed by atoms with Crippen molar-refractivity contribution in [1.82, 2.24) is 10.2 Å². The number of rotatable bonds is 6. The van der Waals surface area contributed by atoms with Gasteiger partial charge in [0.05, 0.1) is 18.6 Å². The fourth-order valence-corrected chi connectivity index (χ4v) is 4.37. The SMILES string of the molecule is COc1ccc(/C=C2\SC(=S)N(CC(=O)N[C@@H]3[C@H](O)[C@H](O)[C@@H](CO)O[C@H]3O)C2=O)cc1. The Labute approximate surface area is 187 Å². The largest absolute Gasteiger partial charge is 0.497 e. The monoisotopic (exact) mass is 470 g/mol. The van der Waals surface area contributed by atoms with Crippen LogP contribution in [-0.4, -0.2) is 92.4 Å². The maximum atomic E-state index is 12.7. The van der Waals surface area contributed by atoms with E-state index in [-0.39, 0.29) is 4.32 Å². The third-order valence-corrected chi connectivity index (χ3v) is 6.19. The molecule has 0 aromatic heterocycles. The minimum atomic E-state index is -1.65. The molecule has 0 radical (unpaired) electrons. The summed E-state index contributed by atoms with van der Waals surface area (Å²) in [6.07, 6.45) is -4.29. The van der Waals surface area contributed by atoms with Crippen molar-refractivity contribution >= 4 is 46.2 Å². The number of hydrogen-bond donors (Lipinski definition) is 5. The van der Waals surface area contributed by atoms with Crippen molar-refractivity contribution in [2.45, 2.75) is 30.6 Å². The van der Waals surface area contributed by atoms with Crippen molar-refractivity contribution in [3.63, 3.8) is 0 Å². The van der Waals surface area contributed by atoms with Crippen molar-refractivity contribution in [3.05, 3.63) is 34.7 Å². The molecule has 5 atom stereocenters. The van der Waals surface area contributed by atoms with E-state index < -0.39 is 55.6 Å². The molecule has 2 aliphatic rings. The Hall–Kier alpha value is -2.06. The highest BCUT2D eigenvalue weighted by atomic mass is 32.2. The van der Waals surface area contributed by atoms with Gasteiger partial charge in [0, 0.05) is 0 Å². The number of methoxy groups -OCH3 is 1. The Balaban J connectivity index is 1.64. The maximum Gasteiger partial charge on any atom is 0.266 e. The number of hydrogen-bond acceptors (Lipinski definition) is 10. The number of carbonyl (C=O) groups excluding carboxylic acids is 2. The van der Waals surface area contributed by atoms with E-state index in [1.807, 2.05) is 0 Å². The molecule has 3 rings (SSSR count). The summed E-state index contributed by atoms with van der Waals surface area (Å²) >= 11 is 6.25. The first-order valence-electron chi connectivity index (χ1n) is 9.24. The molecule has 2 aliphatic heterocycles. The first kappa shape index (κ1) is 23.6. The molecule has 10 nitrogen and oxygen atoms in total. The van der Waals surface area contributed by atoms with Crippen molar-refractivity contribution < 1.29 is 39.5 Å². The quantitative estimate of drug-likeness (QED) is 0.254. The van der Waals surface area contributed by atoms with Crippen molar-refractivity contribution in [2.75, 3.05) is 20.3 Å². The standard InChI is InChI=1S/C19H22N2O8S2/c1-28-10-4-2-9(3-5-10)6-12-17(26)21(19(30)31-12)7-13(23)20-14-16(25)15(24)11(8-22)29-18(14)27/h2-6,11,14-16,18,22,24-25,27H,7-8H2,1H3,(H,20,23)/b12-6-/t11-,14-,15-,16+,18-/m1/s1. The van der Waals surface area contributed by atoms with Crippen LogP contribution in [0.15, 0.2) is 29.2 Å². The molecular formula is C19H22N2O8S2. The van der Waals surface area contributed by atoms with Gasteiger partial charge in [-0.25, -0.2) is 0 Å². The average molecular weight is 471 g/mol. The normalized spacial score (nSPS) is 30.0. The van der Waals surface area contributed by atoms with Gasteiger partial charge in [0.2, 0.25) is 5.91 Å². The van der Waals surface area contributed by atoms with Gasteiger partial charge in [0.15, 0.2) is 6.29 Å². The summed E-state index contributed by atoms with van der Waals surface area (Å²) in [5, 5.41) is 41.4. The molecule has 1 aromatic carbocycles. The van der Waals surface area contributed by atoms with Crippen LogP contribution >= 0.6 is 24.0 Å². The summed E-state index contributed by atoms with van der Waals surface area (Å²) in [7, 11) is 1.55. The van der Waals surface area contributed by atoms with Gasteiger partial charge in [-0.2, -0.15) is 0 Å². The molecular weight excluding hydrogens is 448 g/mol. The fraction of sp³-hybridized carbons (Fsp3) is 0.421. The lowest BCUT2D eigenvalue weighted by Gasteiger charge is -2.40. The minimum Gasteiger partial charge on any atom is -0.497 e. The van der Waals surface area contributed by atoms with E-state index in [9.17, 15) is 24.9 Å². The number of thiocarbonyl (C=S) groups is 1. The third kappa shape index (κ3) is 5.23. The molecule has 31 heavy (non-hydrogen) atoms. The zero-order valence-corrected chi connectivity index (χ0v) is 18.0. The number of thioether (sulfide) groups is 1. The summed E-state index contributed by atoms with van der Waals surface area (Å²) < 4.78 is 10.3. The molecule has 1 aromatic rings. The molecule has 0 saturated carbocycles. The Morgan fingerprint density at radius 1 is 1.29 bits per heavy atom. The van der Waals surface area contributed by atoms with Crippen LogP contribution in [0, 0.1) is 0 Å². The maximum absolute atomic E-state index is 12.7. The van der Waals surface area contributed by atoms with Gasteiger partial charge in [-0.15, -0.1) is 0 Å². The molecule has 5 N–H and O–H groups in total. The van der Waals surface area contributed by atoms with E-state index in [1.54, 1.807) is 37.5 Å². The zero-order valence-electron chi connectivity index (χ0n) is 16.4. The average Bonchev–Trinajstić information content (AvgIpc) is 3.01. The molecule has 0 spiro atoms. The highest BCUT2D eigenvalue weighted by molar-refractivity contribution is 8.26. The molecule has 0 aliphatic carbocycles. The third-order valence-electron chi connectivity index (χ3n) is 4.82. The second-order valence-electron chi connectivity index (χ2n) is 6.86. The summed E-state index contributed by atoms with van der Waals surface area (Å²) in [5.41, 5.74) is 0.753. The van der Waals surface area contributed by atoms with Crippen LogP contribution in [0.5, 0.6) is 5.75 Å². The smallest absolute Gasteiger partial charge is 0.266 e. The fourth-order valence-electron chi connectivity index (χ4n) is 3.12. The lowest BCUT2D eigenvalue weighted by molar-refractivity contribution is -0.253. The van der Waals surface area contributed by atoms with Crippen LogP contribution in [-0.2, 0) is 14.3 Å². The van der Waals surface area contributed by atoms with Gasteiger partial charge in [-0.3, -0.25) is 14.5 Å². The molecule has 2 fully saturated rings. The number of benzene rings is 1. The number of nitrogens with one attached hydrogen (secondary N) is 1. The number of carbonyl (C=O) groups is 2. The van der Waals surface area contributed by atoms with Gasteiger partial charge in [0.25, 0.3) is 5.91 Å². The Morgan fingerprint density at radius 3 is 2.58 bits per heavy atom. The molecule has 0 unspecified atom stereocenters.